The van der Waals surface area contributed by atoms with E-state index in [2.05, 4.69) is 5.32 Å². The Morgan fingerprint density at radius 3 is 2.72 bits per heavy atom. The van der Waals surface area contributed by atoms with Gasteiger partial charge >= 0.3 is 6.03 Å². The van der Waals surface area contributed by atoms with Crippen LogP contribution in [-0.2, 0) is 0 Å². The number of ketones is 1. The smallest absolute Gasteiger partial charge is 0.316 e. The summed E-state index contributed by atoms with van der Waals surface area (Å²) in [4.78, 5) is 24.5. The molecule has 0 aliphatic heterocycles. The van der Waals surface area contributed by atoms with Crippen LogP contribution in [0.25, 0.3) is 11.0 Å². The standard InChI is InChI=1S/C20H19ClN2O6/c1-10-2-5-15(21)14(6-10)18(26)19-17(23-20(22)27)13-4-3-12(7-16(13)29-19)28-9-11(25)8-24/h2-7,11,24-25H,8-9H2,1H3,(H3,22,23,27). The Kier molecular flexibility index (Phi) is 6.07. The first kappa shape index (κ1) is 20.7. The molecule has 3 rings (SSSR count). The van der Waals surface area contributed by atoms with E-state index in [1.54, 1.807) is 30.3 Å². The maximum absolute atomic E-state index is 13.1. The third-order valence-electron chi connectivity index (χ3n) is 4.14. The average Bonchev–Trinajstić information content (AvgIpc) is 3.04. The van der Waals surface area contributed by atoms with E-state index in [9.17, 15) is 14.7 Å². The van der Waals surface area contributed by atoms with Gasteiger partial charge in [0.2, 0.25) is 5.78 Å². The van der Waals surface area contributed by atoms with Crippen molar-refractivity contribution in [3.05, 3.63) is 58.3 Å². The van der Waals surface area contributed by atoms with E-state index in [4.69, 9.17) is 31.6 Å². The molecule has 0 saturated carbocycles. The molecule has 8 nitrogen and oxygen atoms in total. The van der Waals surface area contributed by atoms with Crippen LogP contribution in [0.3, 0.4) is 0 Å². The van der Waals surface area contributed by atoms with Crippen molar-refractivity contribution in [3.63, 3.8) is 0 Å². The second-order valence-electron chi connectivity index (χ2n) is 6.41. The highest BCUT2D eigenvalue weighted by atomic mass is 35.5. The minimum absolute atomic E-state index is 0.122. The predicted octanol–water partition coefficient (Wildman–Crippen LogP) is 2.85. The van der Waals surface area contributed by atoms with Crippen molar-refractivity contribution in [2.24, 2.45) is 5.73 Å². The van der Waals surface area contributed by atoms with Crippen LogP contribution in [0.1, 0.15) is 21.7 Å². The number of ether oxygens (including phenoxy) is 1. The van der Waals surface area contributed by atoms with Gasteiger partial charge in [0.25, 0.3) is 0 Å². The number of furan rings is 1. The number of hydrogen-bond acceptors (Lipinski definition) is 6. The lowest BCUT2D eigenvalue weighted by molar-refractivity contribution is 0.0536. The van der Waals surface area contributed by atoms with Crippen LogP contribution >= 0.6 is 11.6 Å². The number of primary amides is 1. The van der Waals surface area contributed by atoms with Crippen LogP contribution in [0, 0.1) is 6.92 Å². The van der Waals surface area contributed by atoms with E-state index >= 15 is 0 Å². The van der Waals surface area contributed by atoms with E-state index in [0.29, 0.717) is 11.1 Å². The number of hydrogen-bond donors (Lipinski definition) is 4. The second-order valence-corrected chi connectivity index (χ2v) is 6.82. The molecule has 1 aromatic heterocycles. The molecule has 152 valence electrons. The van der Waals surface area contributed by atoms with Crippen molar-refractivity contribution in [2.75, 3.05) is 18.5 Å². The number of anilines is 1. The molecule has 5 N–H and O–H groups in total. The normalized spacial score (nSPS) is 12.0. The lowest BCUT2D eigenvalue weighted by Gasteiger charge is -2.09. The lowest BCUT2D eigenvalue weighted by Crippen LogP contribution is -2.21. The lowest BCUT2D eigenvalue weighted by atomic mass is 10.0. The highest BCUT2D eigenvalue weighted by molar-refractivity contribution is 6.35. The number of halogens is 1. The Morgan fingerprint density at radius 2 is 2.03 bits per heavy atom. The molecule has 1 atom stereocenters. The third kappa shape index (κ3) is 4.51. The van der Waals surface area contributed by atoms with Gasteiger partial charge in [-0.05, 0) is 31.2 Å². The Hall–Kier alpha value is -3.07. The van der Waals surface area contributed by atoms with Gasteiger partial charge in [0, 0.05) is 17.0 Å². The summed E-state index contributed by atoms with van der Waals surface area (Å²) in [6, 6.07) is 8.79. The van der Waals surface area contributed by atoms with Gasteiger partial charge < -0.3 is 30.4 Å². The Labute approximate surface area is 170 Å². The Balaban J connectivity index is 2.06. The molecule has 0 saturated heterocycles. The maximum atomic E-state index is 13.1. The number of aliphatic hydroxyl groups is 2. The Morgan fingerprint density at radius 1 is 1.28 bits per heavy atom. The van der Waals surface area contributed by atoms with Gasteiger partial charge in [-0.3, -0.25) is 4.79 Å². The molecule has 1 heterocycles. The summed E-state index contributed by atoms with van der Waals surface area (Å²) in [5.74, 6) is -0.298. The first-order valence-electron chi connectivity index (χ1n) is 8.65. The summed E-state index contributed by atoms with van der Waals surface area (Å²) in [5.41, 5.74) is 6.69. The molecule has 3 aromatic rings. The fourth-order valence-electron chi connectivity index (χ4n) is 2.75. The minimum Gasteiger partial charge on any atom is -0.491 e. The number of carbonyl (C=O) groups excluding carboxylic acids is 2. The van der Waals surface area contributed by atoms with Crippen molar-refractivity contribution < 1.29 is 29.0 Å². The van der Waals surface area contributed by atoms with Crippen molar-refractivity contribution in [1.29, 1.82) is 0 Å². The first-order chi connectivity index (χ1) is 13.8. The van der Waals surface area contributed by atoms with Crippen molar-refractivity contribution in [1.82, 2.24) is 0 Å². The number of urea groups is 1. The van der Waals surface area contributed by atoms with Crippen LogP contribution in [0.5, 0.6) is 5.75 Å². The van der Waals surface area contributed by atoms with E-state index < -0.39 is 24.5 Å². The zero-order valence-corrected chi connectivity index (χ0v) is 16.2. The van der Waals surface area contributed by atoms with Crippen LogP contribution < -0.4 is 15.8 Å². The van der Waals surface area contributed by atoms with Gasteiger partial charge in [-0.2, -0.15) is 0 Å². The minimum atomic E-state index is -1.03. The van der Waals surface area contributed by atoms with E-state index in [-0.39, 0.29) is 34.2 Å². The van der Waals surface area contributed by atoms with E-state index in [0.717, 1.165) is 5.56 Å². The van der Waals surface area contributed by atoms with Gasteiger partial charge in [0.05, 0.1) is 11.6 Å². The summed E-state index contributed by atoms with van der Waals surface area (Å²) < 4.78 is 11.1. The molecule has 0 aliphatic rings. The Bertz CT molecular complexity index is 1080. The molecule has 2 amide bonds. The molecule has 0 radical (unpaired) electrons. The van der Waals surface area contributed by atoms with Gasteiger partial charge in [-0.1, -0.05) is 23.2 Å². The fourth-order valence-corrected chi connectivity index (χ4v) is 2.96. The molecular weight excluding hydrogens is 400 g/mol. The molecule has 2 aromatic carbocycles. The summed E-state index contributed by atoms with van der Waals surface area (Å²) in [5, 5.41) is 21.4. The van der Waals surface area contributed by atoms with E-state index in [1.807, 2.05) is 6.92 Å². The van der Waals surface area contributed by atoms with Crippen molar-refractivity contribution in [2.45, 2.75) is 13.0 Å². The topological polar surface area (TPSA) is 135 Å². The highest BCUT2D eigenvalue weighted by Gasteiger charge is 2.25. The van der Waals surface area contributed by atoms with Crippen molar-refractivity contribution >= 4 is 40.1 Å². The molecule has 0 aliphatic carbocycles. The molecule has 0 fully saturated rings. The first-order valence-corrected chi connectivity index (χ1v) is 9.03. The predicted molar refractivity (Wildman–Crippen MR) is 108 cm³/mol. The second kappa shape index (κ2) is 8.52. The zero-order valence-electron chi connectivity index (χ0n) is 15.4. The quantitative estimate of drug-likeness (QED) is 0.436. The van der Waals surface area contributed by atoms with Crippen molar-refractivity contribution in [3.8, 4) is 5.75 Å². The maximum Gasteiger partial charge on any atom is 0.316 e. The number of aliphatic hydroxyl groups excluding tert-OH is 2. The summed E-state index contributed by atoms with van der Waals surface area (Å²) >= 11 is 6.17. The van der Waals surface area contributed by atoms with Crippen LogP contribution in [-0.4, -0.2) is 41.3 Å². The summed E-state index contributed by atoms with van der Waals surface area (Å²) in [6.07, 6.45) is -1.03. The largest absolute Gasteiger partial charge is 0.491 e. The van der Waals surface area contributed by atoms with Gasteiger partial charge in [0.1, 0.15) is 29.7 Å². The van der Waals surface area contributed by atoms with E-state index in [1.165, 1.54) is 6.07 Å². The molecular formula is C20H19ClN2O6. The molecule has 0 spiro atoms. The molecule has 0 bridgehead atoms. The summed E-state index contributed by atoms with van der Waals surface area (Å²) in [6.45, 7) is 1.25. The zero-order chi connectivity index (χ0) is 21.1. The number of benzene rings is 2. The SMILES string of the molecule is Cc1ccc(Cl)c(C(=O)c2oc3cc(OCC(O)CO)ccc3c2NC(N)=O)c1. The fraction of sp³-hybridized carbons (Fsp3) is 0.200. The summed E-state index contributed by atoms with van der Waals surface area (Å²) in [7, 11) is 0. The number of nitrogens with one attached hydrogen (secondary N) is 1. The van der Waals surface area contributed by atoms with Gasteiger partial charge in [0.15, 0.2) is 5.76 Å². The van der Waals surface area contributed by atoms with Gasteiger partial charge in [-0.25, -0.2) is 4.79 Å². The molecule has 1 unspecified atom stereocenters. The number of rotatable bonds is 7. The number of aryl methyl sites for hydroxylation is 1. The number of nitrogens with two attached hydrogens (primary N) is 1. The molecule has 29 heavy (non-hydrogen) atoms. The number of fused-ring (bicyclic) bond motifs is 1. The van der Waals surface area contributed by atoms with Crippen LogP contribution in [0.4, 0.5) is 10.5 Å². The van der Waals surface area contributed by atoms with Gasteiger partial charge in [-0.15, -0.1) is 0 Å². The monoisotopic (exact) mass is 418 g/mol. The number of carbonyl (C=O) groups is 2. The highest BCUT2D eigenvalue weighted by Crippen LogP contribution is 2.35. The van der Waals surface area contributed by atoms with Crippen LogP contribution in [0.2, 0.25) is 5.02 Å². The third-order valence-corrected chi connectivity index (χ3v) is 4.47. The molecule has 9 heteroatoms. The van der Waals surface area contributed by atoms with Crippen LogP contribution in [0.15, 0.2) is 40.8 Å². The average molecular weight is 419 g/mol. The number of amides is 2.